The van der Waals surface area contributed by atoms with Gasteiger partial charge in [0.25, 0.3) is 0 Å². The van der Waals surface area contributed by atoms with Gasteiger partial charge in [-0.25, -0.2) is 5.11 Å². The van der Waals surface area contributed by atoms with E-state index in [0.29, 0.717) is 6.54 Å². The zero-order valence-corrected chi connectivity index (χ0v) is 5.82. The third-order valence-electron chi connectivity index (χ3n) is 0.757. The van der Waals surface area contributed by atoms with Crippen molar-refractivity contribution in [3.05, 3.63) is 0 Å². The predicted molar refractivity (Wildman–Crippen MR) is 33.3 cm³/mol. The van der Waals surface area contributed by atoms with Crippen LogP contribution in [0.2, 0.25) is 0 Å². The molecule has 0 amide bonds. The lowest BCUT2D eigenvalue weighted by atomic mass is 10.1. The first-order valence-corrected chi connectivity index (χ1v) is 2.89. The van der Waals surface area contributed by atoms with Crippen molar-refractivity contribution in [2.24, 2.45) is 0 Å². The molecule has 0 saturated carbocycles. The van der Waals surface area contributed by atoms with E-state index < -0.39 is 0 Å². The maximum absolute atomic E-state index is 9.91. The van der Waals surface area contributed by atoms with E-state index >= 15 is 0 Å². The van der Waals surface area contributed by atoms with Crippen molar-refractivity contribution < 1.29 is 5.11 Å². The van der Waals surface area contributed by atoms with Gasteiger partial charge in [-0.2, -0.15) is 0 Å². The number of hydrogen-bond acceptors (Lipinski definition) is 1. The molecule has 0 rings (SSSR count). The van der Waals surface area contributed by atoms with Gasteiger partial charge in [-0.1, -0.05) is 0 Å². The number of rotatable bonds is 2. The lowest BCUT2D eigenvalue weighted by molar-refractivity contribution is 0.184. The topological polar surface area (TPSA) is 31.9 Å². The molecule has 1 radical (unpaired) electrons. The van der Waals surface area contributed by atoms with E-state index in [1.54, 1.807) is 0 Å². The average molecular weight is 116 g/mol. The Hall–Kier alpha value is -0.0800. The van der Waals surface area contributed by atoms with Crippen LogP contribution in [-0.4, -0.2) is 18.7 Å². The second kappa shape index (κ2) is 3.05. The van der Waals surface area contributed by atoms with Gasteiger partial charge in [-0.05, 0) is 20.8 Å². The fourth-order valence-electron chi connectivity index (χ4n) is 0.426. The van der Waals surface area contributed by atoms with E-state index in [9.17, 15) is 5.11 Å². The maximum Gasteiger partial charge on any atom is 0.0946 e. The smallest absolute Gasteiger partial charge is 0.0946 e. The van der Waals surface area contributed by atoms with E-state index in [4.69, 9.17) is 0 Å². The number of hydrogen-bond donors (Lipinski definition) is 1. The molecule has 49 valence electrons. The van der Waals surface area contributed by atoms with E-state index in [2.05, 4.69) is 5.32 Å². The molecule has 0 saturated heterocycles. The number of nitrogens with one attached hydrogen (secondary N) is 1. The van der Waals surface area contributed by atoms with Crippen molar-refractivity contribution in [1.29, 1.82) is 0 Å². The zero-order chi connectivity index (χ0) is 6.62. The van der Waals surface area contributed by atoms with Crippen LogP contribution in [0.15, 0.2) is 0 Å². The Morgan fingerprint density at radius 3 is 2.00 bits per heavy atom. The summed E-state index contributed by atoms with van der Waals surface area (Å²) >= 11 is 0. The van der Waals surface area contributed by atoms with Gasteiger partial charge in [0.15, 0.2) is 0 Å². The summed E-state index contributed by atoms with van der Waals surface area (Å²) in [4.78, 5) is 0. The van der Waals surface area contributed by atoms with Crippen LogP contribution in [0.25, 0.3) is 0 Å². The SMILES string of the molecule is CC(C)(C)NCC[O]. The first kappa shape index (κ1) is 7.92. The van der Waals surface area contributed by atoms with E-state index in [0.717, 1.165) is 0 Å². The minimum atomic E-state index is -0.0305. The van der Waals surface area contributed by atoms with Gasteiger partial charge in [0, 0.05) is 12.1 Å². The van der Waals surface area contributed by atoms with E-state index in [1.807, 2.05) is 20.8 Å². The molecule has 0 aliphatic heterocycles. The Balaban J connectivity index is 3.11. The standard InChI is InChI=1S/C6H14NO/c1-6(2,3)7-4-5-8/h7H,4-5H2,1-3H3. The highest BCUT2D eigenvalue weighted by atomic mass is 16.3. The lowest BCUT2D eigenvalue weighted by Gasteiger charge is -2.18. The van der Waals surface area contributed by atoms with E-state index in [1.165, 1.54) is 0 Å². The third-order valence-corrected chi connectivity index (χ3v) is 0.757. The molecule has 0 spiro atoms. The highest BCUT2D eigenvalue weighted by Crippen LogP contribution is 1.95. The van der Waals surface area contributed by atoms with Gasteiger partial charge in [0.05, 0.1) is 6.61 Å². The van der Waals surface area contributed by atoms with Gasteiger partial charge in [0.2, 0.25) is 0 Å². The first-order valence-electron chi connectivity index (χ1n) is 2.89. The molecule has 0 bridgehead atoms. The molecule has 0 aromatic heterocycles. The third kappa shape index (κ3) is 5.92. The molecular formula is C6H14NO. The average Bonchev–Trinajstić information content (AvgIpc) is 1.59. The van der Waals surface area contributed by atoms with Gasteiger partial charge < -0.3 is 5.32 Å². The van der Waals surface area contributed by atoms with Crippen LogP contribution in [0.5, 0.6) is 0 Å². The second-order valence-corrected chi connectivity index (χ2v) is 2.88. The normalized spacial score (nSPS) is 12.0. The summed E-state index contributed by atoms with van der Waals surface area (Å²) in [5.41, 5.74) is 0.102. The summed E-state index contributed by atoms with van der Waals surface area (Å²) in [5.74, 6) is 0. The van der Waals surface area contributed by atoms with Crippen LogP contribution in [0, 0.1) is 0 Å². The molecule has 0 aromatic rings. The van der Waals surface area contributed by atoms with Crippen molar-refractivity contribution in [3.8, 4) is 0 Å². The molecule has 0 fully saturated rings. The quantitative estimate of drug-likeness (QED) is 0.568. The van der Waals surface area contributed by atoms with Crippen LogP contribution >= 0.6 is 0 Å². The van der Waals surface area contributed by atoms with Gasteiger partial charge in [-0.3, -0.25) is 0 Å². The van der Waals surface area contributed by atoms with Gasteiger partial charge >= 0.3 is 0 Å². The van der Waals surface area contributed by atoms with Crippen LogP contribution in [0.4, 0.5) is 0 Å². The Morgan fingerprint density at radius 1 is 1.38 bits per heavy atom. The fraction of sp³-hybridized carbons (Fsp3) is 1.00. The van der Waals surface area contributed by atoms with Crippen molar-refractivity contribution in [3.63, 3.8) is 0 Å². The van der Waals surface area contributed by atoms with Crippen molar-refractivity contribution >= 4 is 0 Å². The van der Waals surface area contributed by atoms with Crippen LogP contribution in [0.3, 0.4) is 0 Å². The molecular weight excluding hydrogens is 102 g/mol. The summed E-state index contributed by atoms with van der Waals surface area (Å²) < 4.78 is 0. The molecule has 0 unspecified atom stereocenters. The zero-order valence-electron chi connectivity index (χ0n) is 5.82. The minimum Gasteiger partial charge on any atom is -0.310 e. The molecule has 0 aliphatic carbocycles. The molecule has 0 aliphatic rings. The van der Waals surface area contributed by atoms with Gasteiger partial charge in [-0.15, -0.1) is 0 Å². The summed E-state index contributed by atoms with van der Waals surface area (Å²) in [6.07, 6.45) is 0. The first-order chi connectivity index (χ1) is 3.56. The van der Waals surface area contributed by atoms with E-state index in [-0.39, 0.29) is 12.1 Å². The monoisotopic (exact) mass is 116 g/mol. The highest BCUT2D eigenvalue weighted by molar-refractivity contribution is 4.68. The molecule has 8 heavy (non-hydrogen) atoms. The molecule has 1 N–H and O–H groups in total. The molecule has 0 aromatic carbocycles. The summed E-state index contributed by atoms with van der Waals surface area (Å²) in [5, 5.41) is 13.0. The van der Waals surface area contributed by atoms with Crippen LogP contribution < -0.4 is 5.32 Å². The van der Waals surface area contributed by atoms with Crippen molar-refractivity contribution in [2.45, 2.75) is 26.3 Å². The fourth-order valence-corrected chi connectivity index (χ4v) is 0.426. The predicted octanol–water partition coefficient (Wildman–Crippen LogP) is 0.805. The Bertz CT molecular complexity index is 56.0. The maximum atomic E-state index is 9.91. The summed E-state index contributed by atoms with van der Waals surface area (Å²) in [6.45, 7) is 6.68. The summed E-state index contributed by atoms with van der Waals surface area (Å²) in [6, 6.07) is 0. The second-order valence-electron chi connectivity index (χ2n) is 2.88. The van der Waals surface area contributed by atoms with Gasteiger partial charge in [0.1, 0.15) is 0 Å². The Labute approximate surface area is 50.9 Å². The van der Waals surface area contributed by atoms with Crippen LogP contribution in [-0.2, 0) is 5.11 Å². The molecule has 0 heterocycles. The van der Waals surface area contributed by atoms with Crippen molar-refractivity contribution in [2.75, 3.05) is 13.2 Å². The Morgan fingerprint density at radius 2 is 1.88 bits per heavy atom. The molecule has 2 nitrogen and oxygen atoms in total. The lowest BCUT2D eigenvalue weighted by Crippen LogP contribution is -2.37. The largest absolute Gasteiger partial charge is 0.310 e. The summed E-state index contributed by atoms with van der Waals surface area (Å²) in [7, 11) is 0. The highest BCUT2D eigenvalue weighted by Gasteiger charge is 2.06. The minimum absolute atomic E-state index is 0.0305. The molecule has 2 heteroatoms. The van der Waals surface area contributed by atoms with Crippen LogP contribution in [0.1, 0.15) is 20.8 Å². The van der Waals surface area contributed by atoms with Crippen molar-refractivity contribution in [1.82, 2.24) is 5.32 Å². The Kier molecular flexibility index (Phi) is 3.02. The molecule has 0 atom stereocenters.